The first-order chi connectivity index (χ1) is 8.97. The molecule has 0 unspecified atom stereocenters. The van der Waals surface area contributed by atoms with Gasteiger partial charge in [0.05, 0.1) is 11.5 Å². The molecular weight excluding hydrogens is 255 g/mol. The number of nitro benzene ring substituents is 1. The van der Waals surface area contributed by atoms with Crippen LogP contribution in [0.25, 0.3) is 0 Å². The Morgan fingerprint density at radius 1 is 1.53 bits per heavy atom. The lowest BCUT2D eigenvalue weighted by Crippen LogP contribution is -2.31. The van der Waals surface area contributed by atoms with Crippen LogP contribution in [0.4, 0.5) is 10.1 Å². The lowest BCUT2D eigenvalue weighted by molar-refractivity contribution is -0.387. The zero-order valence-corrected chi connectivity index (χ0v) is 10.1. The second kappa shape index (κ2) is 4.93. The Morgan fingerprint density at radius 3 is 2.68 bits per heavy atom. The highest BCUT2D eigenvalue weighted by molar-refractivity contribution is 5.94. The molecule has 2 rings (SSSR count). The summed E-state index contributed by atoms with van der Waals surface area (Å²) >= 11 is 0. The minimum Gasteiger partial charge on any atom is -0.396 e. The van der Waals surface area contributed by atoms with Crippen molar-refractivity contribution in [1.29, 1.82) is 0 Å². The van der Waals surface area contributed by atoms with Crippen LogP contribution in [0.1, 0.15) is 23.2 Å². The van der Waals surface area contributed by atoms with E-state index >= 15 is 0 Å². The Bertz CT molecular complexity index is 528. The smallest absolute Gasteiger partial charge is 0.304 e. The Kier molecular flexibility index (Phi) is 3.48. The summed E-state index contributed by atoms with van der Waals surface area (Å²) in [5, 5.41) is 22.1. The van der Waals surface area contributed by atoms with Crippen LogP contribution in [0.5, 0.6) is 0 Å². The molecule has 1 fully saturated rings. The fourth-order valence-electron chi connectivity index (χ4n) is 1.73. The number of hydrogen-bond acceptors (Lipinski definition) is 4. The Balaban J connectivity index is 2.03. The van der Waals surface area contributed by atoms with Gasteiger partial charge in [-0.2, -0.15) is 4.39 Å². The maximum Gasteiger partial charge on any atom is 0.304 e. The predicted molar refractivity (Wildman–Crippen MR) is 64.1 cm³/mol. The molecule has 6 nitrogen and oxygen atoms in total. The molecule has 102 valence electrons. The zero-order valence-electron chi connectivity index (χ0n) is 10.1. The van der Waals surface area contributed by atoms with E-state index in [4.69, 9.17) is 5.11 Å². The van der Waals surface area contributed by atoms with Crippen LogP contribution in [0.3, 0.4) is 0 Å². The van der Waals surface area contributed by atoms with E-state index in [1.54, 1.807) is 0 Å². The SMILES string of the molecule is O=C(NCC1(CO)CC1)c1ccc([N+](=O)[O-])c(F)c1. The van der Waals surface area contributed by atoms with E-state index in [0.29, 0.717) is 6.54 Å². The predicted octanol–water partition coefficient (Wildman–Crippen LogP) is 1.24. The van der Waals surface area contributed by atoms with E-state index in [1.165, 1.54) is 6.07 Å². The molecule has 0 aliphatic heterocycles. The Hall–Kier alpha value is -2.02. The molecule has 0 heterocycles. The van der Waals surface area contributed by atoms with Gasteiger partial charge in [0.25, 0.3) is 5.91 Å². The van der Waals surface area contributed by atoms with Gasteiger partial charge in [-0.15, -0.1) is 0 Å². The van der Waals surface area contributed by atoms with Crippen molar-refractivity contribution in [2.45, 2.75) is 12.8 Å². The van der Waals surface area contributed by atoms with Gasteiger partial charge in [-0.1, -0.05) is 0 Å². The lowest BCUT2D eigenvalue weighted by atomic mass is 10.1. The number of carbonyl (C=O) groups is 1. The monoisotopic (exact) mass is 268 g/mol. The molecule has 1 saturated carbocycles. The quantitative estimate of drug-likeness (QED) is 0.620. The first-order valence-electron chi connectivity index (χ1n) is 5.80. The molecule has 2 N–H and O–H groups in total. The average Bonchev–Trinajstić information content (AvgIpc) is 3.16. The molecule has 7 heteroatoms. The van der Waals surface area contributed by atoms with E-state index in [2.05, 4.69) is 5.32 Å². The van der Waals surface area contributed by atoms with Crippen LogP contribution in [0, 0.1) is 21.3 Å². The van der Waals surface area contributed by atoms with E-state index < -0.39 is 22.3 Å². The second-order valence-corrected chi connectivity index (χ2v) is 4.76. The topological polar surface area (TPSA) is 92.5 Å². The molecule has 0 spiro atoms. The maximum atomic E-state index is 13.4. The third-order valence-corrected chi connectivity index (χ3v) is 3.32. The van der Waals surface area contributed by atoms with Gasteiger partial charge in [0.1, 0.15) is 0 Å². The minimum atomic E-state index is -1.04. The van der Waals surface area contributed by atoms with Gasteiger partial charge >= 0.3 is 5.69 Å². The van der Waals surface area contributed by atoms with Crippen LogP contribution in [-0.2, 0) is 0 Å². The largest absolute Gasteiger partial charge is 0.396 e. The molecule has 0 aromatic heterocycles. The van der Waals surface area contributed by atoms with Crippen LogP contribution in [0.2, 0.25) is 0 Å². The number of rotatable bonds is 5. The van der Waals surface area contributed by atoms with Gasteiger partial charge in [-0.05, 0) is 25.0 Å². The fraction of sp³-hybridized carbons (Fsp3) is 0.417. The summed E-state index contributed by atoms with van der Waals surface area (Å²) in [5.41, 5.74) is -0.878. The highest BCUT2D eigenvalue weighted by Crippen LogP contribution is 2.44. The van der Waals surface area contributed by atoms with Crippen molar-refractivity contribution in [1.82, 2.24) is 5.32 Å². The number of hydrogen-bond donors (Lipinski definition) is 2. The molecule has 1 aliphatic carbocycles. The lowest BCUT2D eigenvalue weighted by Gasteiger charge is -2.12. The van der Waals surface area contributed by atoms with Crippen molar-refractivity contribution >= 4 is 11.6 Å². The molecule has 1 amide bonds. The summed E-state index contributed by atoms with van der Waals surface area (Å²) in [4.78, 5) is 21.3. The van der Waals surface area contributed by atoms with Crippen LogP contribution in [-0.4, -0.2) is 29.1 Å². The van der Waals surface area contributed by atoms with Crippen LogP contribution in [0.15, 0.2) is 18.2 Å². The highest BCUT2D eigenvalue weighted by Gasteiger charge is 2.42. The fourth-order valence-corrected chi connectivity index (χ4v) is 1.73. The molecule has 19 heavy (non-hydrogen) atoms. The summed E-state index contributed by atoms with van der Waals surface area (Å²) in [6, 6.07) is 3.00. The first-order valence-corrected chi connectivity index (χ1v) is 5.80. The van der Waals surface area contributed by atoms with Gasteiger partial charge in [0.15, 0.2) is 0 Å². The molecule has 1 aromatic rings. The third kappa shape index (κ3) is 2.87. The van der Waals surface area contributed by atoms with E-state index in [1.807, 2.05) is 0 Å². The number of halogens is 1. The molecule has 1 aliphatic rings. The number of aliphatic hydroxyl groups is 1. The van der Waals surface area contributed by atoms with Crippen molar-refractivity contribution in [2.75, 3.05) is 13.2 Å². The van der Waals surface area contributed by atoms with E-state index in [-0.39, 0.29) is 17.6 Å². The number of nitrogens with zero attached hydrogens (tertiary/aromatic N) is 1. The average molecular weight is 268 g/mol. The van der Waals surface area contributed by atoms with Crippen molar-refractivity contribution in [3.8, 4) is 0 Å². The van der Waals surface area contributed by atoms with Gasteiger partial charge in [-0.3, -0.25) is 14.9 Å². The summed E-state index contributed by atoms with van der Waals surface area (Å²) in [6.45, 7) is 0.322. The van der Waals surface area contributed by atoms with Crippen molar-refractivity contribution < 1.29 is 19.2 Å². The Morgan fingerprint density at radius 2 is 2.21 bits per heavy atom. The molecule has 0 atom stereocenters. The van der Waals surface area contributed by atoms with Crippen molar-refractivity contribution in [3.05, 3.63) is 39.7 Å². The minimum absolute atomic E-state index is 0.00189. The van der Waals surface area contributed by atoms with Gasteiger partial charge < -0.3 is 10.4 Å². The number of amides is 1. The first kappa shape index (κ1) is 13.4. The Labute approximate surface area is 108 Å². The summed E-state index contributed by atoms with van der Waals surface area (Å²) in [5.74, 6) is -1.55. The summed E-state index contributed by atoms with van der Waals surface area (Å²) in [6.07, 6.45) is 1.69. The highest BCUT2D eigenvalue weighted by atomic mass is 19.1. The standard InChI is InChI=1S/C12H13FN2O4/c13-9-5-8(1-2-10(9)15(18)19)11(17)14-6-12(7-16)3-4-12/h1-2,5,16H,3-4,6-7H2,(H,14,17). The number of carbonyl (C=O) groups excluding carboxylic acids is 1. The third-order valence-electron chi connectivity index (χ3n) is 3.32. The van der Waals surface area contributed by atoms with Crippen LogP contribution < -0.4 is 5.32 Å². The van der Waals surface area contributed by atoms with E-state index in [0.717, 1.165) is 25.0 Å². The second-order valence-electron chi connectivity index (χ2n) is 4.76. The maximum absolute atomic E-state index is 13.4. The van der Waals surface area contributed by atoms with Gasteiger partial charge in [0.2, 0.25) is 5.82 Å². The molecular formula is C12H13FN2O4. The number of nitro groups is 1. The van der Waals surface area contributed by atoms with E-state index in [9.17, 15) is 19.3 Å². The number of aliphatic hydroxyl groups excluding tert-OH is 1. The van der Waals surface area contributed by atoms with Crippen LogP contribution >= 0.6 is 0 Å². The molecule has 1 aromatic carbocycles. The van der Waals surface area contributed by atoms with Crippen molar-refractivity contribution in [3.63, 3.8) is 0 Å². The van der Waals surface area contributed by atoms with Gasteiger partial charge in [0, 0.05) is 23.6 Å². The van der Waals surface area contributed by atoms with Crippen molar-refractivity contribution in [2.24, 2.45) is 5.41 Å². The molecule has 0 saturated heterocycles. The van der Waals surface area contributed by atoms with Gasteiger partial charge in [-0.25, -0.2) is 0 Å². The molecule has 0 radical (unpaired) electrons. The normalized spacial score (nSPS) is 15.9. The summed E-state index contributed by atoms with van der Waals surface area (Å²) in [7, 11) is 0. The number of benzene rings is 1. The zero-order chi connectivity index (χ0) is 14.0. The molecule has 0 bridgehead atoms. The number of nitrogens with one attached hydrogen (secondary N) is 1. The summed E-state index contributed by atoms with van der Waals surface area (Å²) < 4.78 is 13.4.